The molecule has 0 saturated heterocycles. The van der Waals surface area contributed by atoms with Crippen LogP contribution >= 0.6 is 0 Å². The molecule has 0 heterocycles. The summed E-state index contributed by atoms with van der Waals surface area (Å²) in [6.45, 7) is 0. The quantitative estimate of drug-likeness (QED) is 0.840. The SMILES string of the molecule is N#Cc1c(OC2CC2)cccc1S(N)(=O)=O. The minimum absolute atomic E-state index is 0.0168. The molecule has 1 aliphatic carbocycles. The third-order valence-electron chi connectivity index (χ3n) is 2.22. The van der Waals surface area contributed by atoms with Gasteiger partial charge in [-0.25, -0.2) is 13.6 Å². The molecular formula is C10H10N2O3S. The summed E-state index contributed by atoms with van der Waals surface area (Å²) in [6.07, 6.45) is 1.97. The van der Waals surface area contributed by atoms with Crippen LogP contribution in [0.3, 0.4) is 0 Å². The number of nitrogens with zero attached hydrogens (tertiary/aromatic N) is 1. The van der Waals surface area contributed by atoms with E-state index in [0.717, 1.165) is 12.8 Å². The van der Waals surface area contributed by atoms with E-state index in [-0.39, 0.29) is 22.3 Å². The molecule has 2 rings (SSSR count). The van der Waals surface area contributed by atoms with Gasteiger partial charge in [0.25, 0.3) is 0 Å². The molecule has 1 fully saturated rings. The van der Waals surface area contributed by atoms with Gasteiger partial charge in [0.15, 0.2) is 0 Å². The lowest BCUT2D eigenvalue weighted by Gasteiger charge is -2.08. The first kappa shape index (κ1) is 10.9. The first-order chi connectivity index (χ1) is 7.52. The van der Waals surface area contributed by atoms with Gasteiger partial charge in [-0.1, -0.05) is 6.07 Å². The molecule has 6 heteroatoms. The van der Waals surface area contributed by atoms with Crippen molar-refractivity contribution in [3.05, 3.63) is 23.8 Å². The van der Waals surface area contributed by atoms with Crippen LogP contribution < -0.4 is 9.88 Å². The zero-order valence-electron chi connectivity index (χ0n) is 8.38. The maximum absolute atomic E-state index is 11.2. The molecule has 1 aromatic rings. The number of ether oxygens (including phenoxy) is 1. The Morgan fingerprint density at radius 1 is 1.44 bits per heavy atom. The van der Waals surface area contributed by atoms with E-state index in [1.165, 1.54) is 12.1 Å². The van der Waals surface area contributed by atoms with Crippen LogP contribution in [0.1, 0.15) is 18.4 Å². The van der Waals surface area contributed by atoms with Crippen molar-refractivity contribution in [1.29, 1.82) is 5.26 Å². The maximum Gasteiger partial charge on any atom is 0.239 e. The standard InChI is InChI=1S/C10H10N2O3S/c11-6-8-9(15-7-4-5-7)2-1-3-10(8)16(12,13)14/h1-3,7H,4-5H2,(H2,12,13,14). The van der Waals surface area contributed by atoms with Crippen molar-refractivity contribution in [3.63, 3.8) is 0 Å². The first-order valence-electron chi connectivity index (χ1n) is 4.75. The molecule has 0 unspecified atom stereocenters. The molecule has 0 aromatic heterocycles. The second-order valence-electron chi connectivity index (χ2n) is 3.60. The minimum Gasteiger partial charge on any atom is -0.489 e. The lowest BCUT2D eigenvalue weighted by Crippen LogP contribution is -2.14. The van der Waals surface area contributed by atoms with Crippen LogP contribution in [0.25, 0.3) is 0 Å². The lowest BCUT2D eigenvalue weighted by atomic mass is 10.2. The predicted molar refractivity (Wildman–Crippen MR) is 56.2 cm³/mol. The van der Waals surface area contributed by atoms with Crippen molar-refractivity contribution >= 4 is 10.0 Å². The Bertz CT molecular complexity index is 556. The van der Waals surface area contributed by atoms with Gasteiger partial charge < -0.3 is 4.74 Å². The van der Waals surface area contributed by atoms with Crippen LogP contribution in [-0.2, 0) is 10.0 Å². The summed E-state index contributed by atoms with van der Waals surface area (Å²) in [7, 11) is -3.89. The molecule has 5 nitrogen and oxygen atoms in total. The normalized spacial score (nSPS) is 15.5. The summed E-state index contributed by atoms with van der Waals surface area (Å²) in [4.78, 5) is -0.187. The van der Waals surface area contributed by atoms with Crippen LogP contribution in [0.2, 0.25) is 0 Å². The van der Waals surface area contributed by atoms with E-state index >= 15 is 0 Å². The average molecular weight is 238 g/mol. The highest BCUT2D eigenvalue weighted by Crippen LogP contribution is 2.31. The first-order valence-corrected chi connectivity index (χ1v) is 6.29. The second kappa shape index (κ2) is 3.77. The largest absolute Gasteiger partial charge is 0.489 e. The Kier molecular flexibility index (Phi) is 2.58. The predicted octanol–water partition coefficient (Wildman–Crippen LogP) is 0.747. The molecule has 1 aliphatic rings. The Labute approximate surface area is 93.5 Å². The van der Waals surface area contributed by atoms with E-state index in [4.69, 9.17) is 15.1 Å². The highest BCUT2D eigenvalue weighted by atomic mass is 32.2. The second-order valence-corrected chi connectivity index (χ2v) is 5.13. The third-order valence-corrected chi connectivity index (χ3v) is 3.18. The van der Waals surface area contributed by atoms with Crippen molar-refractivity contribution in [2.45, 2.75) is 23.8 Å². The van der Waals surface area contributed by atoms with Gasteiger partial charge in [-0.3, -0.25) is 0 Å². The molecule has 1 aromatic carbocycles. The molecule has 0 aliphatic heterocycles. The van der Waals surface area contributed by atoms with Gasteiger partial charge in [0.1, 0.15) is 22.3 Å². The van der Waals surface area contributed by atoms with Gasteiger partial charge in [-0.2, -0.15) is 5.26 Å². The number of nitriles is 1. The Hall–Kier alpha value is -1.58. The molecule has 16 heavy (non-hydrogen) atoms. The van der Waals surface area contributed by atoms with Crippen molar-refractivity contribution in [3.8, 4) is 11.8 Å². The number of primary sulfonamides is 1. The molecule has 2 N–H and O–H groups in total. The van der Waals surface area contributed by atoms with Gasteiger partial charge in [0.05, 0.1) is 6.10 Å². The fourth-order valence-electron chi connectivity index (χ4n) is 1.32. The topological polar surface area (TPSA) is 93.2 Å². The van der Waals surface area contributed by atoms with Crippen molar-refractivity contribution in [2.24, 2.45) is 5.14 Å². The molecule has 84 valence electrons. The zero-order valence-corrected chi connectivity index (χ0v) is 9.20. The summed E-state index contributed by atoms with van der Waals surface area (Å²) >= 11 is 0. The smallest absolute Gasteiger partial charge is 0.239 e. The molecule has 0 bridgehead atoms. The van der Waals surface area contributed by atoms with Crippen LogP contribution in [0.5, 0.6) is 5.75 Å². The third kappa shape index (κ3) is 2.15. The summed E-state index contributed by atoms with van der Waals surface area (Å²) in [5.41, 5.74) is -0.0168. The number of hydrogen-bond donors (Lipinski definition) is 1. The Morgan fingerprint density at radius 3 is 2.62 bits per heavy atom. The van der Waals surface area contributed by atoms with E-state index in [1.54, 1.807) is 6.07 Å². The van der Waals surface area contributed by atoms with Crippen LogP contribution in [-0.4, -0.2) is 14.5 Å². The molecule has 1 saturated carbocycles. The fourth-order valence-corrected chi connectivity index (χ4v) is 2.02. The molecule has 0 spiro atoms. The van der Waals surface area contributed by atoms with E-state index in [1.807, 2.05) is 6.07 Å². The van der Waals surface area contributed by atoms with E-state index in [9.17, 15) is 8.42 Å². The molecule has 0 amide bonds. The van der Waals surface area contributed by atoms with Gasteiger partial charge in [-0.15, -0.1) is 0 Å². The number of benzene rings is 1. The zero-order chi connectivity index (χ0) is 11.8. The number of rotatable bonds is 3. The average Bonchev–Trinajstić information content (AvgIpc) is 3.00. The molecular weight excluding hydrogens is 228 g/mol. The molecule has 0 atom stereocenters. The van der Waals surface area contributed by atoms with Crippen molar-refractivity contribution < 1.29 is 13.2 Å². The fraction of sp³-hybridized carbons (Fsp3) is 0.300. The van der Waals surface area contributed by atoms with Crippen LogP contribution in [0, 0.1) is 11.3 Å². The van der Waals surface area contributed by atoms with E-state index in [2.05, 4.69) is 0 Å². The van der Waals surface area contributed by atoms with Crippen molar-refractivity contribution in [1.82, 2.24) is 0 Å². The lowest BCUT2D eigenvalue weighted by molar-refractivity contribution is 0.301. The van der Waals surface area contributed by atoms with Crippen molar-refractivity contribution in [2.75, 3.05) is 0 Å². The van der Waals surface area contributed by atoms with Gasteiger partial charge in [0.2, 0.25) is 10.0 Å². The summed E-state index contributed by atoms with van der Waals surface area (Å²) in [5, 5.41) is 14.0. The summed E-state index contributed by atoms with van der Waals surface area (Å²) in [6, 6.07) is 6.21. The van der Waals surface area contributed by atoms with Gasteiger partial charge in [0, 0.05) is 0 Å². The van der Waals surface area contributed by atoms with Gasteiger partial charge in [-0.05, 0) is 25.0 Å². The number of sulfonamides is 1. The van der Waals surface area contributed by atoms with Crippen LogP contribution in [0.4, 0.5) is 0 Å². The maximum atomic E-state index is 11.2. The van der Waals surface area contributed by atoms with Gasteiger partial charge >= 0.3 is 0 Å². The highest BCUT2D eigenvalue weighted by molar-refractivity contribution is 7.89. The Morgan fingerprint density at radius 2 is 2.12 bits per heavy atom. The summed E-state index contributed by atoms with van der Waals surface area (Å²) < 4.78 is 27.9. The van der Waals surface area contributed by atoms with E-state index < -0.39 is 10.0 Å². The summed E-state index contributed by atoms with van der Waals surface area (Å²) in [5.74, 6) is 0.288. The minimum atomic E-state index is -3.89. The van der Waals surface area contributed by atoms with E-state index in [0.29, 0.717) is 0 Å². The monoisotopic (exact) mass is 238 g/mol. The Balaban J connectivity index is 2.50. The van der Waals surface area contributed by atoms with Crippen LogP contribution in [0.15, 0.2) is 23.1 Å². The number of nitrogens with two attached hydrogens (primary N) is 1. The highest BCUT2D eigenvalue weighted by Gasteiger charge is 2.26. The molecule has 0 radical (unpaired) electrons. The number of hydrogen-bond acceptors (Lipinski definition) is 4.